The van der Waals surface area contributed by atoms with Crippen LogP contribution in [0.4, 0.5) is 5.69 Å². The number of aromatic carboxylic acids is 1. The standard InChI is InChI=1S/C21H18N2O4S2/c1-13-2-4-14(5-3-13)12-17-19(25)23(21(28)29-17)11-10-18(24)22-16-8-6-15(7-9-16)20(26)27/h2-9,12H,10-11H2,1H3,(H,22,24)(H,26,27)/p-1/b17-12-. The Morgan fingerprint density at radius 3 is 2.41 bits per heavy atom. The zero-order valence-corrected chi connectivity index (χ0v) is 17.1. The molecule has 0 aliphatic carbocycles. The number of carboxylic acids is 1. The smallest absolute Gasteiger partial charge is 0.266 e. The van der Waals surface area contributed by atoms with E-state index >= 15 is 0 Å². The van der Waals surface area contributed by atoms with Gasteiger partial charge in [-0.3, -0.25) is 14.5 Å². The summed E-state index contributed by atoms with van der Waals surface area (Å²) in [5, 5.41) is 13.4. The molecule has 1 aliphatic heterocycles. The highest BCUT2D eigenvalue weighted by Gasteiger charge is 2.32. The van der Waals surface area contributed by atoms with Crippen LogP contribution in [0.3, 0.4) is 0 Å². The van der Waals surface area contributed by atoms with E-state index in [9.17, 15) is 19.5 Å². The molecule has 0 unspecified atom stereocenters. The molecule has 1 N–H and O–H groups in total. The zero-order valence-electron chi connectivity index (χ0n) is 15.5. The van der Waals surface area contributed by atoms with Crippen LogP contribution in [0.5, 0.6) is 0 Å². The molecule has 2 amide bonds. The summed E-state index contributed by atoms with van der Waals surface area (Å²) in [6.45, 7) is 2.16. The van der Waals surface area contributed by atoms with Crippen LogP contribution in [0.25, 0.3) is 6.08 Å². The molecule has 3 rings (SSSR count). The van der Waals surface area contributed by atoms with Gasteiger partial charge in [0, 0.05) is 18.7 Å². The summed E-state index contributed by atoms with van der Waals surface area (Å²) in [4.78, 5) is 37.5. The van der Waals surface area contributed by atoms with Crippen LogP contribution in [-0.2, 0) is 9.59 Å². The summed E-state index contributed by atoms with van der Waals surface area (Å²) < 4.78 is 0.416. The third kappa shape index (κ3) is 5.30. The molecule has 0 saturated carbocycles. The van der Waals surface area contributed by atoms with Gasteiger partial charge in [0.1, 0.15) is 4.32 Å². The average Bonchev–Trinajstić information content (AvgIpc) is 2.95. The molecule has 8 heteroatoms. The Labute approximate surface area is 177 Å². The van der Waals surface area contributed by atoms with Crippen molar-refractivity contribution in [3.05, 3.63) is 70.1 Å². The second-order valence-corrected chi connectivity index (χ2v) is 8.08. The van der Waals surface area contributed by atoms with E-state index in [4.69, 9.17) is 12.2 Å². The maximum absolute atomic E-state index is 12.6. The van der Waals surface area contributed by atoms with E-state index in [1.54, 1.807) is 6.08 Å². The summed E-state index contributed by atoms with van der Waals surface area (Å²) in [6, 6.07) is 13.5. The maximum Gasteiger partial charge on any atom is 0.266 e. The van der Waals surface area contributed by atoms with Crippen LogP contribution in [0, 0.1) is 6.92 Å². The van der Waals surface area contributed by atoms with Gasteiger partial charge in [-0.2, -0.15) is 0 Å². The number of rotatable bonds is 6. The van der Waals surface area contributed by atoms with Gasteiger partial charge in [0.2, 0.25) is 5.91 Å². The lowest BCUT2D eigenvalue weighted by atomic mass is 10.1. The van der Waals surface area contributed by atoms with Crippen LogP contribution in [0.15, 0.2) is 53.4 Å². The second kappa shape index (κ2) is 9.02. The minimum Gasteiger partial charge on any atom is -0.545 e. The number of nitrogens with one attached hydrogen (secondary N) is 1. The highest BCUT2D eigenvalue weighted by molar-refractivity contribution is 8.26. The van der Waals surface area contributed by atoms with Gasteiger partial charge in [-0.05, 0) is 36.3 Å². The number of nitrogens with zero attached hydrogens (tertiary/aromatic N) is 1. The van der Waals surface area contributed by atoms with Crippen molar-refractivity contribution >= 4 is 57.8 Å². The first-order valence-corrected chi connectivity index (χ1v) is 9.99. The fourth-order valence-corrected chi connectivity index (χ4v) is 3.94. The highest BCUT2D eigenvalue weighted by atomic mass is 32.2. The number of thioether (sulfide) groups is 1. The molecule has 1 heterocycles. The van der Waals surface area contributed by atoms with Crippen molar-refractivity contribution in [1.82, 2.24) is 4.90 Å². The Bertz CT molecular complexity index is 998. The van der Waals surface area contributed by atoms with Crippen LogP contribution in [0.1, 0.15) is 27.9 Å². The third-order valence-electron chi connectivity index (χ3n) is 4.22. The number of hydrogen-bond acceptors (Lipinski definition) is 6. The monoisotopic (exact) mass is 425 g/mol. The van der Waals surface area contributed by atoms with E-state index in [-0.39, 0.29) is 30.3 Å². The maximum atomic E-state index is 12.6. The normalized spacial score (nSPS) is 15.1. The largest absolute Gasteiger partial charge is 0.545 e. The minimum atomic E-state index is -1.28. The predicted molar refractivity (Wildman–Crippen MR) is 115 cm³/mol. The first-order valence-electron chi connectivity index (χ1n) is 8.77. The van der Waals surface area contributed by atoms with Crippen molar-refractivity contribution in [2.24, 2.45) is 0 Å². The van der Waals surface area contributed by atoms with Gasteiger partial charge in [-0.15, -0.1) is 0 Å². The van der Waals surface area contributed by atoms with Gasteiger partial charge in [0.25, 0.3) is 5.91 Å². The van der Waals surface area contributed by atoms with E-state index in [2.05, 4.69) is 5.32 Å². The fourth-order valence-electron chi connectivity index (χ4n) is 2.63. The molecule has 2 aromatic carbocycles. The number of hydrogen-bond donors (Lipinski definition) is 1. The van der Waals surface area contributed by atoms with E-state index in [0.29, 0.717) is 14.9 Å². The molecule has 0 radical (unpaired) electrons. The molecule has 1 aliphatic rings. The van der Waals surface area contributed by atoms with Gasteiger partial charge in [0.15, 0.2) is 0 Å². The highest BCUT2D eigenvalue weighted by Crippen LogP contribution is 2.32. The van der Waals surface area contributed by atoms with Crippen molar-refractivity contribution in [2.45, 2.75) is 13.3 Å². The van der Waals surface area contributed by atoms with Crippen LogP contribution >= 0.6 is 24.0 Å². The van der Waals surface area contributed by atoms with Crippen LogP contribution in [-0.4, -0.2) is 33.5 Å². The zero-order chi connectivity index (χ0) is 21.0. The van der Waals surface area contributed by atoms with Crippen molar-refractivity contribution in [2.75, 3.05) is 11.9 Å². The molecule has 1 saturated heterocycles. The molecular weight excluding hydrogens is 408 g/mol. The first kappa shape index (κ1) is 20.8. The van der Waals surface area contributed by atoms with Gasteiger partial charge in [-0.1, -0.05) is 65.9 Å². The van der Waals surface area contributed by atoms with Crippen molar-refractivity contribution < 1.29 is 19.5 Å². The van der Waals surface area contributed by atoms with E-state index in [1.165, 1.54) is 40.9 Å². The van der Waals surface area contributed by atoms with Crippen molar-refractivity contribution in [1.29, 1.82) is 0 Å². The fraction of sp³-hybridized carbons (Fsp3) is 0.143. The van der Waals surface area contributed by atoms with Crippen LogP contribution in [0.2, 0.25) is 0 Å². The molecule has 0 atom stereocenters. The van der Waals surface area contributed by atoms with Gasteiger partial charge in [-0.25, -0.2) is 0 Å². The molecule has 0 bridgehead atoms. The number of carbonyl (C=O) groups is 3. The summed E-state index contributed by atoms with van der Waals surface area (Å²) >= 11 is 6.50. The van der Waals surface area contributed by atoms with Crippen LogP contribution < -0.4 is 10.4 Å². The summed E-state index contributed by atoms with van der Waals surface area (Å²) in [6.07, 6.45) is 1.85. The number of amides is 2. The second-order valence-electron chi connectivity index (χ2n) is 6.41. The number of aryl methyl sites for hydroxylation is 1. The third-order valence-corrected chi connectivity index (χ3v) is 5.59. The molecule has 1 fully saturated rings. The summed E-state index contributed by atoms with van der Waals surface area (Å²) in [5.41, 5.74) is 2.54. The number of carboxylic acid groups (broad SMARTS) is 1. The lowest BCUT2D eigenvalue weighted by Crippen LogP contribution is -2.31. The molecule has 0 aromatic heterocycles. The Morgan fingerprint density at radius 2 is 1.79 bits per heavy atom. The Balaban J connectivity index is 1.57. The predicted octanol–water partition coefficient (Wildman–Crippen LogP) is 2.59. The quantitative estimate of drug-likeness (QED) is 0.565. The van der Waals surface area contributed by atoms with Crippen molar-refractivity contribution in [3.8, 4) is 0 Å². The molecular formula is C21H17N2O4S2-. The van der Waals surface area contributed by atoms with Crippen molar-refractivity contribution in [3.63, 3.8) is 0 Å². The topological polar surface area (TPSA) is 89.5 Å². The van der Waals surface area contributed by atoms with E-state index < -0.39 is 5.97 Å². The Hall–Kier alpha value is -2.97. The number of thiocarbonyl (C=S) groups is 1. The number of benzene rings is 2. The lowest BCUT2D eigenvalue weighted by molar-refractivity contribution is -0.255. The summed E-state index contributed by atoms with van der Waals surface area (Å²) in [5.74, 6) is -1.80. The minimum absolute atomic E-state index is 0.0286. The molecule has 29 heavy (non-hydrogen) atoms. The average molecular weight is 426 g/mol. The molecule has 0 spiro atoms. The summed E-state index contributed by atoms with van der Waals surface area (Å²) in [7, 11) is 0. The van der Waals surface area contributed by atoms with Gasteiger partial charge >= 0.3 is 0 Å². The Kier molecular flexibility index (Phi) is 6.46. The van der Waals surface area contributed by atoms with Gasteiger partial charge < -0.3 is 15.2 Å². The first-order chi connectivity index (χ1) is 13.8. The number of carbonyl (C=O) groups excluding carboxylic acids is 3. The van der Waals surface area contributed by atoms with E-state index in [0.717, 1.165) is 11.1 Å². The SMILES string of the molecule is Cc1ccc(/C=C2\SC(=S)N(CCC(=O)Nc3ccc(C(=O)[O-])cc3)C2=O)cc1. The van der Waals surface area contributed by atoms with Gasteiger partial charge in [0.05, 0.1) is 10.9 Å². The molecule has 148 valence electrons. The Morgan fingerprint density at radius 1 is 1.14 bits per heavy atom. The van der Waals surface area contributed by atoms with E-state index in [1.807, 2.05) is 31.2 Å². The lowest BCUT2D eigenvalue weighted by Gasteiger charge is -2.14. The molecule has 2 aromatic rings. The number of anilines is 1. The molecule has 6 nitrogen and oxygen atoms in total.